The van der Waals surface area contributed by atoms with Gasteiger partial charge in [-0.15, -0.1) is 0 Å². The summed E-state index contributed by atoms with van der Waals surface area (Å²) in [6.07, 6.45) is 3.67. The minimum atomic E-state index is -0.268. The number of piperidine rings is 1. The number of ether oxygens (including phenoxy) is 2. The number of hydrogen-bond acceptors (Lipinski definition) is 6. The first-order valence-electron chi connectivity index (χ1n) is 9.85. The Balaban J connectivity index is 1.65. The summed E-state index contributed by atoms with van der Waals surface area (Å²) in [5, 5.41) is 10.8. The molecule has 1 aliphatic rings. The van der Waals surface area contributed by atoms with Gasteiger partial charge in [-0.3, -0.25) is 9.69 Å². The maximum absolute atomic E-state index is 13.0. The molecule has 3 aromatic rings. The lowest BCUT2D eigenvalue weighted by atomic mass is 9.99. The second-order valence-corrected chi connectivity index (χ2v) is 7.63. The fraction of sp³-hybridized carbons (Fsp3) is 0.348. The molecule has 1 N–H and O–H groups in total. The molecule has 1 atom stereocenters. The van der Waals surface area contributed by atoms with Gasteiger partial charge < -0.3 is 19.0 Å². The Kier molecular flexibility index (Phi) is 5.45. The Hall–Kier alpha value is -2.99. The Labute approximate surface area is 169 Å². The molecule has 1 saturated heterocycles. The number of fused-ring (bicyclic) bond motifs is 1. The Morgan fingerprint density at radius 3 is 2.66 bits per heavy atom. The monoisotopic (exact) mass is 395 g/mol. The highest BCUT2D eigenvalue weighted by molar-refractivity contribution is 5.83. The second kappa shape index (κ2) is 8.17. The smallest absolute Gasteiger partial charge is 0.235 e. The van der Waals surface area contributed by atoms with Crippen molar-refractivity contribution in [2.45, 2.75) is 26.3 Å². The number of phenolic OH excluding ortho intramolecular Hbond substituents is 1. The van der Waals surface area contributed by atoms with Gasteiger partial charge in [-0.2, -0.15) is 0 Å². The first-order valence-corrected chi connectivity index (χ1v) is 9.85. The average Bonchev–Trinajstić information content (AvgIpc) is 2.73. The molecule has 6 heteroatoms. The van der Waals surface area contributed by atoms with Gasteiger partial charge in [0.05, 0.1) is 18.1 Å². The van der Waals surface area contributed by atoms with E-state index in [1.165, 1.54) is 12.7 Å². The van der Waals surface area contributed by atoms with Crippen LogP contribution in [0.5, 0.6) is 23.0 Å². The summed E-state index contributed by atoms with van der Waals surface area (Å²) in [6, 6.07) is 10.1. The van der Waals surface area contributed by atoms with Crippen LogP contribution in [0.2, 0.25) is 0 Å². The molecule has 0 aliphatic carbocycles. The van der Waals surface area contributed by atoms with Gasteiger partial charge in [0, 0.05) is 13.1 Å². The highest BCUT2D eigenvalue weighted by Crippen LogP contribution is 2.31. The van der Waals surface area contributed by atoms with Crippen molar-refractivity contribution in [3.05, 3.63) is 58.4 Å². The van der Waals surface area contributed by atoms with Crippen molar-refractivity contribution in [2.75, 3.05) is 20.2 Å². The molecule has 6 nitrogen and oxygen atoms in total. The average molecular weight is 395 g/mol. The van der Waals surface area contributed by atoms with E-state index >= 15 is 0 Å². The van der Waals surface area contributed by atoms with Crippen LogP contribution in [0.1, 0.15) is 25.3 Å². The molecule has 2 aromatic carbocycles. The molecule has 4 rings (SSSR count). The highest BCUT2D eigenvalue weighted by Gasteiger charge is 2.21. The molecule has 1 fully saturated rings. The Morgan fingerprint density at radius 2 is 1.93 bits per heavy atom. The van der Waals surface area contributed by atoms with Crippen LogP contribution < -0.4 is 14.9 Å². The summed E-state index contributed by atoms with van der Waals surface area (Å²) < 4.78 is 16.6. The lowest BCUT2D eigenvalue weighted by molar-refractivity contribution is 0.175. The van der Waals surface area contributed by atoms with E-state index in [2.05, 4.69) is 11.8 Å². The van der Waals surface area contributed by atoms with E-state index in [1.54, 1.807) is 43.5 Å². The van der Waals surface area contributed by atoms with Gasteiger partial charge in [0.25, 0.3) is 0 Å². The minimum Gasteiger partial charge on any atom is -0.507 e. The number of rotatable bonds is 5. The molecular formula is C23H25NO5. The lowest BCUT2D eigenvalue weighted by Crippen LogP contribution is -2.33. The van der Waals surface area contributed by atoms with Crippen LogP contribution in [0.4, 0.5) is 0 Å². The van der Waals surface area contributed by atoms with E-state index in [-0.39, 0.29) is 16.9 Å². The Morgan fingerprint density at radius 1 is 1.17 bits per heavy atom. The van der Waals surface area contributed by atoms with Gasteiger partial charge >= 0.3 is 0 Å². The number of benzene rings is 2. The SMILES string of the molecule is COc1ccc(Oc2coc3c(CN4CCCC(C)C4)c(O)ccc3c2=O)cc1. The van der Waals surface area contributed by atoms with Crippen LogP contribution in [0, 0.1) is 5.92 Å². The Bertz CT molecular complexity index is 1060. The van der Waals surface area contributed by atoms with Crippen LogP contribution in [-0.4, -0.2) is 30.2 Å². The summed E-state index contributed by atoms with van der Waals surface area (Å²) in [5.41, 5.74) is 0.787. The van der Waals surface area contributed by atoms with Gasteiger partial charge in [-0.05, 0) is 61.7 Å². The van der Waals surface area contributed by atoms with E-state index in [0.29, 0.717) is 40.5 Å². The standard InChI is InChI=1S/C23H25NO5/c1-15-4-3-11-24(12-15)13-19-20(25)10-9-18-22(26)21(14-28-23(18)19)29-17-7-5-16(27-2)6-8-17/h5-10,14-15,25H,3-4,11-13H2,1-2H3. The number of nitrogens with zero attached hydrogens (tertiary/aromatic N) is 1. The molecule has 2 heterocycles. The van der Waals surface area contributed by atoms with Crippen molar-refractivity contribution >= 4 is 11.0 Å². The molecule has 29 heavy (non-hydrogen) atoms. The number of phenols is 1. The maximum atomic E-state index is 13.0. The molecule has 0 radical (unpaired) electrons. The predicted molar refractivity (Wildman–Crippen MR) is 111 cm³/mol. The summed E-state index contributed by atoms with van der Waals surface area (Å²) in [5.74, 6) is 2.08. The molecule has 0 bridgehead atoms. The summed E-state index contributed by atoms with van der Waals surface area (Å²) in [6.45, 7) is 4.73. The molecule has 0 amide bonds. The van der Waals surface area contributed by atoms with E-state index in [9.17, 15) is 9.90 Å². The van der Waals surface area contributed by atoms with Crippen molar-refractivity contribution in [1.29, 1.82) is 0 Å². The molecule has 1 aliphatic heterocycles. The first-order chi connectivity index (χ1) is 14.0. The van der Waals surface area contributed by atoms with E-state index in [4.69, 9.17) is 13.9 Å². The van der Waals surface area contributed by atoms with Crippen LogP contribution >= 0.6 is 0 Å². The quantitative estimate of drug-likeness (QED) is 0.684. The maximum Gasteiger partial charge on any atom is 0.235 e. The highest BCUT2D eigenvalue weighted by atomic mass is 16.5. The van der Waals surface area contributed by atoms with Crippen LogP contribution in [0.15, 0.2) is 51.9 Å². The van der Waals surface area contributed by atoms with Crippen molar-refractivity contribution in [2.24, 2.45) is 5.92 Å². The zero-order chi connectivity index (χ0) is 20.4. The van der Waals surface area contributed by atoms with E-state index < -0.39 is 0 Å². The number of likely N-dealkylation sites (tertiary alicyclic amines) is 1. The van der Waals surface area contributed by atoms with Gasteiger partial charge in [-0.25, -0.2) is 0 Å². The summed E-state index contributed by atoms with van der Waals surface area (Å²) in [7, 11) is 1.59. The zero-order valence-electron chi connectivity index (χ0n) is 16.7. The minimum absolute atomic E-state index is 0.103. The largest absolute Gasteiger partial charge is 0.507 e. The molecule has 0 saturated carbocycles. The van der Waals surface area contributed by atoms with Crippen molar-refractivity contribution < 1.29 is 19.0 Å². The predicted octanol–water partition coefficient (Wildman–Crippen LogP) is 4.53. The van der Waals surface area contributed by atoms with Crippen molar-refractivity contribution in [3.63, 3.8) is 0 Å². The summed E-state index contributed by atoms with van der Waals surface area (Å²) >= 11 is 0. The third kappa shape index (κ3) is 4.07. The van der Waals surface area contributed by atoms with Gasteiger partial charge in [0.15, 0.2) is 0 Å². The third-order valence-electron chi connectivity index (χ3n) is 5.40. The number of hydrogen-bond donors (Lipinski definition) is 1. The van der Waals surface area contributed by atoms with Crippen molar-refractivity contribution in [1.82, 2.24) is 4.90 Å². The summed E-state index contributed by atoms with van der Waals surface area (Å²) in [4.78, 5) is 15.3. The van der Waals surface area contributed by atoms with E-state index in [1.807, 2.05) is 0 Å². The first kappa shape index (κ1) is 19.3. The topological polar surface area (TPSA) is 72.1 Å². The molecule has 1 unspecified atom stereocenters. The normalized spacial score (nSPS) is 17.4. The lowest BCUT2D eigenvalue weighted by Gasteiger charge is -2.31. The van der Waals surface area contributed by atoms with Crippen LogP contribution in [-0.2, 0) is 6.54 Å². The van der Waals surface area contributed by atoms with Crippen LogP contribution in [0.3, 0.4) is 0 Å². The molecule has 1 aromatic heterocycles. The molecule has 152 valence electrons. The van der Waals surface area contributed by atoms with Crippen LogP contribution in [0.25, 0.3) is 11.0 Å². The van der Waals surface area contributed by atoms with Gasteiger partial charge in [0.1, 0.15) is 29.1 Å². The number of methoxy groups -OCH3 is 1. The number of aromatic hydroxyl groups is 1. The third-order valence-corrected chi connectivity index (χ3v) is 5.40. The van der Waals surface area contributed by atoms with E-state index in [0.717, 1.165) is 19.5 Å². The van der Waals surface area contributed by atoms with Gasteiger partial charge in [0.2, 0.25) is 11.2 Å². The van der Waals surface area contributed by atoms with Crippen molar-refractivity contribution in [3.8, 4) is 23.0 Å². The molecule has 0 spiro atoms. The fourth-order valence-corrected chi connectivity index (χ4v) is 3.88. The fourth-order valence-electron chi connectivity index (χ4n) is 3.88. The van der Waals surface area contributed by atoms with Gasteiger partial charge in [-0.1, -0.05) is 6.92 Å². The zero-order valence-corrected chi connectivity index (χ0v) is 16.7. The second-order valence-electron chi connectivity index (χ2n) is 7.63. The molecular weight excluding hydrogens is 370 g/mol.